The SMILES string of the molecule is CC(C)Nc1cc(Sc2ccc(F)cc2)ncn1. The summed E-state index contributed by atoms with van der Waals surface area (Å²) in [4.78, 5) is 9.27. The van der Waals surface area contributed by atoms with E-state index < -0.39 is 0 Å². The maximum Gasteiger partial charge on any atom is 0.130 e. The lowest BCUT2D eigenvalue weighted by Crippen LogP contribution is -2.11. The van der Waals surface area contributed by atoms with E-state index in [-0.39, 0.29) is 5.82 Å². The quantitative estimate of drug-likeness (QED) is 0.855. The van der Waals surface area contributed by atoms with E-state index in [4.69, 9.17) is 0 Å². The summed E-state index contributed by atoms with van der Waals surface area (Å²) in [6.45, 7) is 4.10. The second-order valence-corrected chi connectivity index (χ2v) is 5.19. The van der Waals surface area contributed by atoms with Crippen LogP contribution >= 0.6 is 11.8 Å². The van der Waals surface area contributed by atoms with Crippen LogP contribution in [-0.4, -0.2) is 16.0 Å². The first-order chi connectivity index (χ1) is 8.63. The molecule has 1 N–H and O–H groups in total. The Bertz CT molecular complexity index is 514. The molecule has 3 nitrogen and oxygen atoms in total. The summed E-state index contributed by atoms with van der Waals surface area (Å²) in [5.74, 6) is 0.564. The van der Waals surface area contributed by atoms with Gasteiger partial charge in [0.1, 0.15) is 23.0 Å². The fourth-order valence-corrected chi connectivity index (χ4v) is 2.18. The lowest BCUT2D eigenvalue weighted by Gasteiger charge is -2.09. The van der Waals surface area contributed by atoms with Crippen molar-refractivity contribution in [2.75, 3.05) is 5.32 Å². The molecule has 0 saturated heterocycles. The maximum absolute atomic E-state index is 12.8. The van der Waals surface area contributed by atoms with E-state index in [0.717, 1.165) is 15.7 Å². The summed E-state index contributed by atoms with van der Waals surface area (Å²) in [6, 6.07) is 8.56. The second kappa shape index (κ2) is 5.82. The molecule has 0 amide bonds. The molecule has 0 aliphatic rings. The van der Waals surface area contributed by atoms with Gasteiger partial charge in [-0.3, -0.25) is 0 Å². The fourth-order valence-electron chi connectivity index (χ4n) is 1.39. The molecular formula is C13H14FN3S. The number of hydrogen-bond acceptors (Lipinski definition) is 4. The van der Waals surface area contributed by atoms with Crippen molar-refractivity contribution >= 4 is 17.6 Å². The molecular weight excluding hydrogens is 249 g/mol. The van der Waals surface area contributed by atoms with Crippen LogP contribution in [0.4, 0.5) is 10.2 Å². The molecule has 1 heterocycles. The molecule has 18 heavy (non-hydrogen) atoms. The molecule has 0 saturated carbocycles. The monoisotopic (exact) mass is 263 g/mol. The summed E-state index contributed by atoms with van der Waals surface area (Å²) < 4.78 is 12.8. The fraction of sp³-hybridized carbons (Fsp3) is 0.231. The standard InChI is InChI=1S/C13H14FN3S/c1-9(2)17-12-7-13(16-8-15-12)18-11-5-3-10(14)4-6-11/h3-9H,1-2H3,(H,15,16,17). The topological polar surface area (TPSA) is 37.8 Å². The molecule has 2 aromatic rings. The van der Waals surface area contributed by atoms with Crippen molar-refractivity contribution in [1.29, 1.82) is 0 Å². The first kappa shape index (κ1) is 12.8. The number of nitrogens with zero attached hydrogens (tertiary/aromatic N) is 2. The number of anilines is 1. The van der Waals surface area contributed by atoms with E-state index >= 15 is 0 Å². The van der Waals surface area contributed by atoms with Crippen molar-refractivity contribution in [3.63, 3.8) is 0 Å². The van der Waals surface area contributed by atoms with E-state index in [0.29, 0.717) is 6.04 Å². The average molecular weight is 263 g/mol. The number of aromatic nitrogens is 2. The van der Waals surface area contributed by atoms with Crippen molar-refractivity contribution < 1.29 is 4.39 Å². The Morgan fingerprint density at radius 1 is 1.17 bits per heavy atom. The van der Waals surface area contributed by atoms with Crippen LogP contribution in [-0.2, 0) is 0 Å². The summed E-state index contributed by atoms with van der Waals surface area (Å²) in [5, 5.41) is 4.05. The highest BCUT2D eigenvalue weighted by atomic mass is 32.2. The number of nitrogens with one attached hydrogen (secondary N) is 1. The van der Waals surface area contributed by atoms with Crippen LogP contribution in [0.15, 0.2) is 46.6 Å². The normalized spacial score (nSPS) is 10.7. The van der Waals surface area contributed by atoms with Gasteiger partial charge in [-0.2, -0.15) is 0 Å². The molecule has 0 fully saturated rings. The highest BCUT2D eigenvalue weighted by Crippen LogP contribution is 2.26. The molecule has 0 aliphatic carbocycles. The maximum atomic E-state index is 12.8. The molecule has 5 heteroatoms. The molecule has 0 aliphatic heterocycles. The summed E-state index contributed by atoms with van der Waals surface area (Å²) >= 11 is 1.48. The number of halogens is 1. The van der Waals surface area contributed by atoms with Crippen molar-refractivity contribution in [2.45, 2.75) is 29.8 Å². The largest absolute Gasteiger partial charge is 0.368 e. The predicted octanol–water partition coefficient (Wildman–Crippen LogP) is 3.59. The second-order valence-electron chi connectivity index (χ2n) is 4.10. The van der Waals surface area contributed by atoms with Crippen LogP contribution in [0.3, 0.4) is 0 Å². The zero-order chi connectivity index (χ0) is 13.0. The number of benzene rings is 1. The minimum atomic E-state index is -0.232. The molecule has 0 radical (unpaired) electrons. The van der Waals surface area contributed by atoms with Gasteiger partial charge in [-0.25, -0.2) is 14.4 Å². The van der Waals surface area contributed by atoms with Crippen molar-refractivity contribution in [1.82, 2.24) is 9.97 Å². The van der Waals surface area contributed by atoms with Crippen molar-refractivity contribution in [3.05, 3.63) is 42.5 Å². The van der Waals surface area contributed by atoms with E-state index in [9.17, 15) is 4.39 Å². The Morgan fingerprint density at radius 2 is 1.89 bits per heavy atom. The van der Waals surface area contributed by atoms with E-state index in [1.54, 1.807) is 12.1 Å². The zero-order valence-corrected chi connectivity index (χ0v) is 11.0. The van der Waals surface area contributed by atoms with Gasteiger partial charge in [0, 0.05) is 17.0 Å². The molecule has 0 unspecified atom stereocenters. The molecule has 2 rings (SSSR count). The zero-order valence-electron chi connectivity index (χ0n) is 10.2. The van der Waals surface area contributed by atoms with Gasteiger partial charge in [-0.15, -0.1) is 0 Å². The predicted molar refractivity (Wildman–Crippen MR) is 71.3 cm³/mol. The van der Waals surface area contributed by atoms with E-state index in [1.807, 2.05) is 6.07 Å². The smallest absolute Gasteiger partial charge is 0.130 e. The molecule has 1 aromatic heterocycles. The summed E-state index contributed by atoms with van der Waals surface area (Å²) in [6.07, 6.45) is 1.52. The van der Waals surface area contributed by atoms with Gasteiger partial charge < -0.3 is 5.32 Å². The third kappa shape index (κ3) is 3.70. The summed E-state index contributed by atoms with van der Waals surface area (Å²) in [7, 11) is 0. The molecule has 0 bridgehead atoms. The minimum absolute atomic E-state index is 0.232. The number of rotatable bonds is 4. The average Bonchev–Trinajstić information content (AvgIpc) is 2.32. The molecule has 94 valence electrons. The van der Waals surface area contributed by atoms with Gasteiger partial charge in [0.2, 0.25) is 0 Å². The Morgan fingerprint density at radius 3 is 2.56 bits per heavy atom. The first-order valence-electron chi connectivity index (χ1n) is 5.65. The Balaban J connectivity index is 2.11. The number of hydrogen-bond donors (Lipinski definition) is 1. The highest BCUT2D eigenvalue weighted by Gasteiger charge is 2.02. The minimum Gasteiger partial charge on any atom is -0.368 e. The lowest BCUT2D eigenvalue weighted by molar-refractivity contribution is 0.626. The third-order valence-electron chi connectivity index (χ3n) is 2.11. The lowest BCUT2D eigenvalue weighted by atomic mass is 10.4. The first-order valence-corrected chi connectivity index (χ1v) is 6.47. The van der Waals surface area contributed by atoms with Gasteiger partial charge in [0.05, 0.1) is 0 Å². The van der Waals surface area contributed by atoms with Crippen LogP contribution in [0.1, 0.15) is 13.8 Å². The van der Waals surface area contributed by atoms with Crippen LogP contribution in [0.25, 0.3) is 0 Å². The Kier molecular flexibility index (Phi) is 4.15. The molecule has 1 aromatic carbocycles. The van der Waals surface area contributed by atoms with Crippen molar-refractivity contribution in [3.8, 4) is 0 Å². The highest BCUT2D eigenvalue weighted by molar-refractivity contribution is 7.99. The summed E-state index contributed by atoms with van der Waals surface area (Å²) in [5.41, 5.74) is 0. The van der Waals surface area contributed by atoms with Gasteiger partial charge in [-0.1, -0.05) is 11.8 Å². The molecule has 0 spiro atoms. The van der Waals surface area contributed by atoms with Gasteiger partial charge in [0.25, 0.3) is 0 Å². The third-order valence-corrected chi connectivity index (χ3v) is 3.05. The Hall–Kier alpha value is -1.62. The van der Waals surface area contributed by atoms with Gasteiger partial charge in [-0.05, 0) is 38.1 Å². The van der Waals surface area contributed by atoms with Crippen molar-refractivity contribution in [2.24, 2.45) is 0 Å². The van der Waals surface area contributed by atoms with Crippen LogP contribution in [0, 0.1) is 5.82 Å². The van der Waals surface area contributed by atoms with Gasteiger partial charge >= 0.3 is 0 Å². The van der Waals surface area contributed by atoms with Crippen LogP contribution in [0.5, 0.6) is 0 Å². The Labute approximate surface area is 110 Å². The van der Waals surface area contributed by atoms with Crippen LogP contribution < -0.4 is 5.32 Å². The van der Waals surface area contributed by atoms with Gasteiger partial charge in [0.15, 0.2) is 0 Å². The van der Waals surface area contributed by atoms with E-state index in [2.05, 4.69) is 29.1 Å². The molecule has 0 atom stereocenters. The van der Waals surface area contributed by atoms with Crippen LogP contribution in [0.2, 0.25) is 0 Å². The van der Waals surface area contributed by atoms with E-state index in [1.165, 1.54) is 30.2 Å².